The van der Waals surface area contributed by atoms with Crippen LogP contribution in [0.15, 0.2) is 20.5 Å². The fourth-order valence-corrected chi connectivity index (χ4v) is 1.22. The number of nitrogens with two attached hydrogens (primary N) is 1. The van der Waals surface area contributed by atoms with Crippen molar-refractivity contribution in [3.63, 3.8) is 0 Å². The maximum absolute atomic E-state index is 5.90. The lowest BCUT2D eigenvalue weighted by Gasteiger charge is -2.15. The van der Waals surface area contributed by atoms with Crippen LogP contribution in [0, 0.1) is 0 Å². The Hall–Kier alpha value is -2.53. The second-order valence-corrected chi connectivity index (χ2v) is 3.12. The molecule has 0 amide bonds. The lowest BCUT2D eigenvalue weighted by atomic mass is 10.1. The average molecular weight is 238 g/mol. The smallest absolute Gasteiger partial charge is 0.322 e. The van der Waals surface area contributed by atoms with Crippen LogP contribution in [0.25, 0.3) is 0 Å². The highest BCUT2D eigenvalue weighted by molar-refractivity contribution is 5.74. The molecule has 1 aliphatic rings. The van der Waals surface area contributed by atoms with Crippen molar-refractivity contribution in [2.45, 2.75) is 5.66 Å². The Bertz CT molecular complexity index is 535. The van der Waals surface area contributed by atoms with Gasteiger partial charge >= 0.3 is 6.01 Å². The minimum atomic E-state index is -1.23. The molecule has 2 aromatic heterocycles. The summed E-state index contributed by atoms with van der Waals surface area (Å²) in [5.74, 6) is 0.140. The van der Waals surface area contributed by atoms with Gasteiger partial charge in [-0.3, -0.25) is 10.3 Å². The summed E-state index contributed by atoms with van der Waals surface area (Å²) in [6.07, 6.45) is 2.47. The summed E-state index contributed by atoms with van der Waals surface area (Å²) in [4.78, 5) is 4.58. The molecule has 0 radical (unpaired) electrons. The van der Waals surface area contributed by atoms with E-state index in [4.69, 9.17) is 14.7 Å². The van der Waals surface area contributed by atoms with Gasteiger partial charge < -0.3 is 14.7 Å². The second-order valence-electron chi connectivity index (χ2n) is 3.12. The molecule has 0 bridgehead atoms. The Morgan fingerprint density at radius 1 is 1.41 bits per heavy atom. The number of nitrogens with zero attached hydrogens (tertiary/aromatic N) is 5. The van der Waals surface area contributed by atoms with Gasteiger partial charge in [0.1, 0.15) is 0 Å². The molecule has 11 nitrogen and oxygen atoms in total. The quantitative estimate of drug-likeness (QED) is 0.596. The molecule has 11 heteroatoms. The number of hydroxylamine groups is 1. The summed E-state index contributed by atoms with van der Waals surface area (Å²) >= 11 is 0. The van der Waals surface area contributed by atoms with E-state index in [0.29, 0.717) is 0 Å². The zero-order valence-corrected chi connectivity index (χ0v) is 8.19. The average Bonchev–Trinajstić information content (AvgIpc) is 3.00. The molecule has 2 aromatic rings. The van der Waals surface area contributed by atoms with Gasteiger partial charge in [0.2, 0.25) is 6.39 Å². The maximum Gasteiger partial charge on any atom is 0.322 e. The first kappa shape index (κ1) is 9.68. The largest absolute Gasteiger partial charge is 0.411 e. The molecule has 1 aliphatic heterocycles. The van der Waals surface area contributed by atoms with Crippen LogP contribution >= 0.6 is 0 Å². The molecule has 3 rings (SSSR count). The molecular weight excluding hydrogens is 232 g/mol. The van der Waals surface area contributed by atoms with Crippen molar-refractivity contribution in [1.29, 1.82) is 0 Å². The normalized spacial score (nSPS) is 22.6. The van der Waals surface area contributed by atoms with E-state index in [9.17, 15) is 0 Å². The van der Waals surface area contributed by atoms with Gasteiger partial charge in [0.15, 0.2) is 11.4 Å². The fourth-order valence-electron chi connectivity index (χ4n) is 1.22. The summed E-state index contributed by atoms with van der Waals surface area (Å²) in [6.45, 7) is 0. The van der Waals surface area contributed by atoms with Crippen LogP contribution in [0.3, 0.4) is 0 Å². The standard InChI is InChI=1S/C6H6N8O3/c7-6(1-9-17-13-6)3-4(16-14-11-3)10-5-12-8-2-15-5/h1-2,13H,7H2,(H,10,12). The molecule has 0 aromatic carbocycles. The van der Waals surface area contributed by atoms with Crippen LogP contribution in [0.4, 0.5) is 11.9 Å². The summed E-state index contributed by atoms with van der Waals surface area (Å²) in [6, 6.07) is 0.115. The van der Waals surface area contributed by atoms with E-state index >= 15 is 0 Å². The Morgan fingerprint density at radius 2 is 2.35 bits per heavy atom. The Labute approximate surface area is 92.9 Å². The number of hydrogen-bond acceptors (Lipinski definition) is 11. The van der Waals surface area contributed by atoms with E-state index in [-0.39, 0.29) is 17.6 Å². The number of rotatable bonds is 3. The van der Waals surface area contributed by atoms with Crippen LogP contribution in [0.1, 0.15) is 5.69 Å². The zero-order valence-electron chi connectivity index (χ0n) is 8.19. The molecule has 4 N–H and O–H groups in total. The van der Waals surface area contributed by atoms with Crippen LogP contribution in [-0.2, 0) is 10.6 Å². The van der Waals surface area contributed by atoms with Gasteiger partial charge in [-0.05, 0) is 0 Å². The van der Waals surface area contributed by atoms with E-state index < -0.39 is 5.66 Å². The van der Waals surface area contributed by atoms with Crippen LogP contribution in [0.2, 0.25) is 0 Å². The van der Waals surface area contributed by atoms with Gasteiger partial charge in [-0.25, -0.2) is 0 Å². The zero-order chi connectivity index (χ0) is 11.7. The molecule has 17 heavy (non-hydrogen) atoms. The minimum Gasteiger partial charge on any atom is -0.411 e. The van der Waals surface area contributed by atoms with E-state index in [2.05, 4.69) is 41.5 Å². The van der Waals surface area contributed by atoms with Crippen molar-refractivity contribution in [1.82, 2.24) is 26.0 Å². The highest BCUT2D eigenvalue weighted by Gasteiger charge is 2.38. The van der Waals surface area contributed by atoms with E-state index in [1.54, 1.807) is 0 Å². The Balaban J connectivity index is 1.91. The summed E-state index contributed by atoms with van der Waals surface area (Å²) < 4.78 is 9.76. The van der Waals surface area contributed by atoms with Crippen molar-refractivity contribution in [2.75, 3.05) is 5.32 Å². The molecule has 1 unspecified atom stereocenters. The summed E-state index contributed by atoms with van der Waals surface area (Å²) in [5, 5.41) is 20.3. The van der Waals surface area contributed by atoms with Gasteiger partial charge in [0, 0.05) is 5.27 Å². The third-order valence-electron chi connectivity index (χ3n) is 1.98. The van der Waals surface area contributed by atoms with Crippen LogP contribution in [-0.4, -0.2) is 26.8 Å². The molecular formula is C6H6N8O3. The third-order valence-corrected chi connectivity index (χ3v) is 1.98. The van der Waals surface area contributed by atoms with Crippen molar-refractivity contribution in [3.05, 3.63) is 12.1 Å². The first-order valence-electron chi connectivity index (χ1n) is 4.40. The van der Waals surface area contributed by atoms with Crippen molar-refractivity contribution >= 4 is 18.1 Å². The van der Waals surface area contributed by atoms with Crippen molar-refractivity contribution in [3.8, 4) is 0 Å². The predicted octanol–water partition coefficient (Wildman–Crippen LogP) is -1.17. The SMILES string of the molecule is NC1(c2nnoc2Nc2nnco2)C=NON1. The van der Waals surface area contributed by atoms with Crippen molar-refractivity contribution in [2.24, 2.45) is 10.9 Å². The number of oxime groups is 1. The van der Waals surface area contributed by atoms with E-state index in [0.717, 1.165) is 6.39 Å². The Kier molecular flexibility index (Phi) is 1.99. The summed E-state index contributed by atoms with van der Waals surface area (Å²) in [7, 11) is 0. The van der Waals surface area contributed by atoms with Gasteiger partial charge in [0.05, 0.1) is 6.21 Å². The first-order valence-corrected chi connectivity index (χ1v) is 4.40. The number of aromatic nitrogens is 4. The maximum atomic E-state index is 5.90. The third kappa shape index (κ3) is 1.58. The topological polar surface area (TPSA) is 150 Å². The van der Waals surface area contributed by atoms with E-state index in [1.807, 2.05) is 0 Å². The molecule has 1 atom stereocenters. The monoisotopic (exact) mass is 238 g/mol. The number of anilines is 2. The molecule has 3 heterocycles. The Morgan fingerprint density at radius 3 is 3.06 bits per heavy atom. The van der Waals surface area contributed by atoms with Gasteiger partial charge in [0.25, 0.3) is 5.88 Å². The molecule has 0 saturated carbocycles. The molecule has 0 aliphatic carbocycles. The van der Waals surface area contributed by atoms with Crippen LogP contribution < -0.4 is 16.5 Å². The number of nitrogens with one attached hydrogen (secondary N) is 2. The summed E-state index contributed by atoms with van der Waals surface area (Å²) in [5.41, 5.74) is 7.34. The van der Waals surface area contributed by atoms with Crippen LogP contribution in [0.5, 0.6) is 0 Å². The van der Waals surface area contributed by atoms with E-state index in [1.165, 1.54) is 6.21 Å². The molecule has 0 fully saturated rings. The highest BCUT2D eigenvalue weighted by Crippen LogP contribution is 2.24. The van der Waals surface area contributed by atoms with Gasteiger partial charge in [-0.1, -0.05) is 15.7 Å². The fraction of sp³-hybridized carbons (Fsp3) is 0.167. The molecule has 88 valence electrons. The van der Waals surface area contributed by atoms with Gasteiger partial charge in [-0.15, -0.1) is 10.2 Å². The highest BCUT2D eigenvalue weighted by atomic mass is 16.8. The second kappa shape index (κ2) is 3.50. The van der Waals surface area contributed by atoms with Gasteiger partial charge in [-0.2, -0.15) is 0 Å². The minimum absolute atomic E-state index is 0.115. The lowest BCUT2D eigenvalue weighted by Crippen LogP contribution is -2.48. The van der Waals surface area contributed by atoms with Crippen molar-refractivity contribution < 1.29 is 13.9 Å². The first-order chi connectivity index (χ1) is 8.28. The lowest BCUT2D eigenvalue weighted by molar-refractivity contribution is 0.0315. The molecule has 0 spiro atoms. The molecule has 0 saturated heterocycles. The number of hydrogen-bond donors (Lipinski definition) is 3. The predicted molar refractivity (Wildman–Crippen MR) is 50.5 cm³/mol.